The van der Waals surface area contributed by atoms with Crippen LogP contribution in [0.1, 0.15) is 56.9 Å². The van der Waals surface area contributed by atoms with Gasteiger partial charge < -0.3 is 14.8 Å². The maximum Gasteiger partial charge on any atom is 0.223 e. The summed E-state index contributed by atoms with van der Waals surface area (Å²) in [4.78, 5) is 15.2. The molecule has 1 saturated heterocycles. The van der Waals surface area contributed by atoms with Crippen LogP contribution in [0.5, 0.6) is 11.5 Å². The molecule has 2 aliphatic carbocycles. The lowest BCUT2D eigenvalue weighted by atomic mass is 9.90. The summed E-state index contributed by atoms with van der Waals surface area (Å²) in [7, 11) is 0. The molecule has 0 unspecified atom stereocenters. The van der Waals surface area contributed by atoms with Gasteiger partial charge in [0.05, 0.1) is 0 Å². The number of ether oxygens (including phenoxy) is 2. The zero-order valence-electron chi connectivity index (χ0n) is 18.0. The van der Waals surface area contributed by atoms with Gasteiger partial charge in [0.2, 0.25) is 5.91 Å². The average Bonchev–Trinajstić information content (AvgIpc) is 3.50. The summed E-state index contributed by atoms with van der Waals surface area (Å²) in [5.41, 5.74) is 3.09. The van der Waals surface area contributed by atoms with Gasteiger partial charge in [0, 0.05) is 19.0 Å². The van der Waals surface area contributed by atoms with Gasteiger partial charge >= 0.3 is 0 Å². The highest BCUT2D eigenvalue weighted by molar-refractivity contribution is 5.82. The van der Waals surface area contributed by atoms with E-state index in [0.717, 1.165) is 63.4 Å². The summed E-state index contributed by atoms with van der Waals surface area (Å²) in [6, 6.07) is 6.29. The first kappa shape index (κ1) is 19.9. The molecule has 1 spiro atoms. The van der Waals surface area contributed by atoms with E-state index in [0.29, 0.717) is 19.1 Å². The minimum atomic E-state index is 0.245. The second-order valence-corrected chi connectivity index (χ2v) is 9.52. The van der Waals surface area contributed by atoms with Gasteiger partial charge in [0.15, 0.2) is 11.5 Å². The van der Waals surface area contributed by atoms with Crippen LogP contribution >= 0.6 is 0 Å². The molecular weight excluding hydrogens is 376 g/mol. The molecular formula is C25H34N2O3. The summed E-state index contributed by atoms with van der Waals surface area (Å²) >= 11 is 0. The van der Waals surface area contributed by atoms with Crippen molar-refractivity contribution in [3.63, 3.8) is 0 Å². The second kappa shape index (κ2) is 8.62. The number of nitrogens with zero attached hydrogens (tertiary/aromatic N) is 1. The zero-order valence-corrected chi connectivity index (χ0v) is 18.0. The summed E-state index contributed by atoms with van der Waals surface area (Å²) in [6.45, 7) is 5.17. The van der Waals surface area contributed by atoms with Crippen molar-refractivity contribution in [3.8, 4) is 11.5 Å². The molecule has 4 aliphatic rings. The number of likely N-dealkylation sites (tertiary alicyclic amines) is 1. The predicted octanol–water partition coefficient (Wildman–Crippen LogP) is 4.07. The Morgan fingerprint density at radius 1 is 1.13 bits per heavy atom. The number of nitrogens with one attached hydrogen (secondary N) is 1. The van der Waals surface area contributed by atoms with Crippen LogP contribution in [-0.2, 0) is 11.3 Å². The monoisotopic (exact) mass is 410 g/mol. The van der Waals surface area contributed by atoms with Crippen molar-refractivity contribution in [2.45, 2.75) is 57.9 Å². The van der Waals surface area contributed by atoms with E-state index in [2.05, 4.69) is 28.4 Å². The van der Waals surface area contributed by atoms with Crippen molar-refractivity contribution in [1.82, 2.24) is 10.2 Å². The Kier molecular flexibility index (Phi) is 5.72. The first-order valence-corrected chi connectivity index (χ1v) is 11.8. The molecule has 1 aromatic rings. The van der Waals surface area contributed by atoms with E-state index in [4.69, 9.17) is 9.47 Å². The third-order valence-electron chi connectivity index (χ3n) is 7.50. The molecule has 1 amide bonds. The summed E-state index contributed by atoms with van der Waals surface area (Å²) in [6.07, 6.45) is 11.9. The standard InChI is InChI=1S/C25H34N2O3/c28-24(26-11-8-19-4-2-1-3-5-19)21-17-25(21)9-12-27(13-10-25)18-20-6-7-22-23(16-20)30-15-14-29-22/h4,6-7,16,21H,1-3,5,8-15,17-18H2,(H,26,28)/t21-/m1/s1. The smallest absolute Gasteiger partial charge is 0.223 e. The van der Waals surface area contributed by atoms with Crippen LogP contribution < -0.4 is 14.8 Å². The summed E-state index contributed by atoms with van der Waals surface area (Å²) in [5.74, 6) is 2.27. The van der Waals surface area contributed by atoms with E-state index in [9.17, 15) is 4.79 Å². The Balaban J connectivity index is 1.06. The molecule has 1 aromatic carbocycles. The van der Waals surface area contributed by atoms with Crippen LogP contribution in [0.15, 0.2) is 29.8 Å². The van der Waals surface area contributed by atoms with Gasteiger partial charge in [-0.3, -0.25) is 9.69 Å². The minimum Gasteiger partial charge on any atom is -0.486 e. The number of allylic oxidation sites excluding steroid dienone is 1. The van der Waals surface area contributed by atoms with Gasteiger partial charge in [-0.25, -0.2) is 0 Å². The van der Waals surface area contributed by atoms with Crippen molar-refractivity contribution >= 4 is 5.91 Å². The van der Waals surface area contributed by atoms with Crippen molar-refractivity contribution in [1.29, 1.82) is 0 Å². The number of amides is 1. The van der Waals surface area contributed by atoms with Crippen LogP contribution in [0, 0.1) is 11.3 Å². The van der Waals surface area contributed by atoms with Gasteiger partial charge in [-0.2, -0.15) is 0 Å². The molecule has 2 aliphatic heterocycles. The van der Waals surface area contributed by atoms with Crippen LogP contribution in [0.25, 0.3) is 0 Å². The van der Waals surface area contributed by atoms with E-state index in [1.807, 2.05) is 6.07 Å². The molecule has 1 N–H and O–H groups in total. The number of hydrogen-bond donors (Lipinski definition) is 1. The van der Waals surface area contributed by atoms with Gasteiger partial charge in [0.25, 0.3) is 0 Å². The molecule has 30 heavy (non-hydrogen) atoms. The third kappa shape index (κ3) is 4.36. The van der Waals surface area contributed by atoms with E-state index in [1.54, 1.807) is 5.57 Å². The largest absolute Gasteiger partial charge is 0.486 e. The van der Waals surface area contributed by atoms with Crippen LogP contribution in [0.3, 0.4) is 0 Å². The van der Waals surface area contributed by atoms with Gasteiger partial charge in [-0.1, -0.05) is 17.7 Å². The molecule has 0 aromatic heterocycles. The highest BCUT2D eigenvalue weighted by Gasteiger charge is 2.58. The number of carbonyl (C=O) groups is 1. The molecule has 2 fully saturated rings. The molecule has 1 atom stereocenters. The van der Waals surface area contributed by atoms with Crippen molar-refractivity contribution in [2.24, 2.45) is 11.3 Å². The molecule has 0 bridgehead atoms. The summed E-state index contributed by atoms with van der Waals surface area (Å²) in [5, 5.41) is 3.22. The Morgan fingerprint density at radius 2 is 1.97 bits per heavy atom. The maximum absolute atomic E-state index is 12.7. The molecule has 5 nitrogen and oxygen atoms in total. The molecule has 162 valence electrons. The number of rotatable bonds is 6. The van der Waals surface area contributed by atoms with E-state index >= 15 is 0 Å². The fraction of sp³-hybridized carbons (Fsp3) is 0.640. The lowest BCUT2D eigenvalue weighted by Gasteiger charge is -2.33. The number of carbonyl (C=O) groups excluding carboxylic acids is 1. The SMILES string of the molecule is O=C(NCCC1=CCCCC1)[C@H]1CC12CCN(Cc1ccc3c(c1)OCCO3)CC2. The lowest BCUT2D eigenvalue weighted by Crippen LogP contribution is -2.37. The molecule has 1 saturated carbocycles. The van der Waals surface area contributed by atoms with E-state index in [-0.39, 0.29) is 11.3 Å². The first-order chi connectivity index (χ1) is 14.7. The third-order valence-corrected chi connectivity index (χ3v) is 7.50. The molecule has 0 radical (unpaired) electrons. The Bertz CT molecular complexity index is 811. The minimum absolute atomic E-state index is 0.245. The Hall–Kier alpha value is -2.01. The van der Waals surface area contributed by atoms with Crippen molar-refractivity contribution < 1.29 is 14.3 Å². The van der Waals surface area contributed by atoms with E-state index < -0.39 is 0 Å². The molecule has 5 rings (SSSR count). The van der Waals surface area contributed by atoms with E-state index in [1.165, 1.54) is 31.2 Å². The molecule has 5 heteroatoms. The highest BCUT2D eigenvalue weighted by atomic mass is 16.6. The maximum atomic E-state index is 12.7. The fourth-order valence-corrected chi connectivity index (χ4v) is 5.47. The highest BCUT2D eigenvalue weighted by Crippen LogP contribution is 2.59. The van der Waals surface area contributed by atoms with Crippen molar-refractivity contribution in [3.05, 3.63) is 35.4 Å². The van der Waals surface area contributed by atoms with Gasteiger partial charge in [-0.05, 0) is 87.6 Å². The first-order valence-electron chi connectivity index (χ1n) is 11.8. The quantitative estimate of drug-likeness (QED) is 0.719. The second-order valence-electron chi connectivity index (χ2n) is 9.52. The normalized spacial score (nSPS) is 24.9. The fourth-order valence-electron chi connectivity index (χ4n) is 5.47. The Morgan fingerprint density at radius 3 is 2.77 bits per heavy atom. The number of fused-ring (bicyclic) bond motifs is 1. The lowest BCUT2D eigenvalue weighted by molar-refractivity contribution is -0.123. The van der Waals surface area contributed by atoms with Crippen LogP contribution in [-0.4, -0.2) is 43.7 Å². The van der Waals surface area contributed by atoms with Gasteiger partial charge in [-0.15, -0.1) is 0 Å². The topological polar surface area (TPSA) is 50.8 Å². The Labute approximate surface area is 179 Å². The average molecular weight is 411 g/mol. The number of hydrogen-bond acceptors (Lipinski definition) is 4. The molecule has 2 heterocycles. The van der Waals surface area contributed by atoms with Crippen LogP contribution in [0.4, 0.5) is 0 Å². The van der Waals surface area contributed by atoms with Gasteiger partial charge in [0.1, 0.15) is 13.2 Å². The zero-order chi connectivity index (χ0) is 20.4. The van der Waals surface area contributed by atoms with Crippen LogP contribution in [0.2, 0.25) is 0 Å². The number of benzene rings is 1. The number of piperidine rings is 1. The summed E-state index contributed by atoms with van der Waals surface area (Å²) < 4.78 is 11.3. The van der Waals surface area contributed by atoms with Crippen molar-refractivity contribution in [2.75, 3.05) is 32.8 Å². The predicted molar refractivity (Wildman–Crippen MR) is 117 cm³/mol.